The number of carbonyl (C=O) groups is 1. The summed E-state index contributed by atoms with van der Waals surface area (Å²) in [6, 6.07) is 3.86. The van der Waals surface area contributed by atoms with Crippen LogP contribution in [0.2, 0.25) is 0 Å². The van der Waals surface area contributed by atoms with E-state index in [1.165, 1.54) is 11.3 Å². The molecule has 0 aromatic carbocycles. The number of nitrogens with zero attached hydrogens (tertiary/aromatic N) is 1. The smallest absolute Gasteiger partial charge is 0.265 e. The molecule has 0 saturated carbocycles. The highest BCUT2D eigenvalue weighted by Crippen LogP contribution is 2.22. The molecule has 0 aliphatic carbocycles. The quantitative estimate of drug-likeness (QED) is 0.849. The molecule has 6 heteroatoms. The van der Waals surface area contributed by atoms with Gasteiger partial charge in [0.25, 0.3) is 5.91 Å². The van der Waals surface area contributed by atoms with Crippen LogP contribution in [-0.4, -0.2) is 10.9 Å². The van der Waals surface area contributed by atoms with Crippen molar-refractivity contribution in [3.05, 3.63) is 45.4 Å². The maximum Gasteiger partial charge on any atom is 0.265 e. The number of hydrogen-bond donors (Lipinski definition) is 1. The molecule has 0 bridgehead atoms. The first kappa shape index (κ1) is 12.6. The van der Waals surface area contributed by atoms with Crippen molar-refractivity contribution in [2.75, 3.05) is 5.32 Å². The fourth-order valence-corrected chi connectivity index (χ4v) is 2.30. The number of anilines is 1. The fraction of sp³-hybridized carbons (Fsp3) is 0.167. The number of pyridine rings is 1. The van der Waals surface area contributed by atoms with Gasteiger partial charge in [-0.05, 0) is 37.6 Å². The summed E-state index contributed by atoms with van der Waals surface area (Å²) >= 11 is 1.32. The van der Waals surface area contributed by atoms with E-state index in [0.717, 1.165) is 22.6 Å². The van der Waals surface area contributed by atoms with Gasteiger partial charge in [-0.2, -0.15) is 13.8 Å². The first-order valence-electron chi connectivity index (χ1n) is 5.18. The third-order valence-corrected chi connectivity index (χ3v) is 3.60. The number of nitrogens with one attached hydrogen (secondary N) is 1. The zero-order valence-corrected chi connectivity index (χ0v) is 10.6. The molecule has 2 heterocycles. The van der Waals surface area contributed by atoms with Gasteiger partial charge in [-0.3, -0.25) is 4.79 Å². The molecule has 0 atom stereocenters. The summed E-state index contributed by atoms with van der Waals surface area (Å²) in [5.74, 6) is -2.38. The Bertz CT molecular complexity index is 591. The van der Waals surface area contributed by atoms with Crippen LogP contribution in [0.4, 0.5) is 14.5 Å². The van der Waals surface area contributed by atoms with Gasteiger partial charge in [-0.1, -0.05) is 0 Å². The minimum Gasteiger partial charge on any atom is -0.317 e. The third kappa shape index (κ3) is 2.53. The van der Waals surface area contributed by atoms with E-state index in [1.54, 1.807) is 6.07 Å². The minimum absolute atomic E-state index is 0.134. The molecule has 0 radical (unpaired) electrons. The second kappa shape index (κ2) is 4.81. The molecular formula is C12H10F2N2OS. The maximum absolute atomic E-state index is 13.2. The summed E-state index contributed by atoms with van der Waals surface area (Å²) in [6.07, 6.45) is 0. The molecule has 2 aromatic heterocycles. The van der Waals surface area contributed by atoms with E-state index in [9.17, 15) is 13.6 Å². The van der Waals surface area contributed by atoms with E-state index in [0.29, 0.717) is 4.88 Å². The summed E-state index contributed by atoms with van der Waals surface area (Å²) in [7, 11) is 0. The second-order valence-electron chi connectivity index (χ2n) is 3.78. The molecule has 1 amide bonds. The molecule has 1 N–H and O–H groups in total. The summed E-state index contributed by atoms with van der Waals surface area (Å²) in [5.41, 5.74) is 0.868. The van der Waals surface area contributed by atoms with Crippen molar-refractivity contribution < 1.29 is 13.6 Å². The van der Waals surface area contributed by atoms with Crippen molar-refractivity contribution in [3.63, 3.8) is 0 Å². The number of aromatic nitrogens is 1. The van der Waals surface area contributed by atoms with E-state index in [-0.39, 0.29) is 5.69 Å². The molecule has 0 saturated heterocycles. The summed E-state index contributed by atoms with van der Waals surface area (Å²) < 4.78 is 25.9. The van der Waals surface area contributed by atoms with Crippen LogP contribution in [-0.2, 0) is 0 Å². The zero-order chi connectivity index (χ0) is 13.3. The highest BCUT2D eigenvalue weighted by molar-refractivity contribution is 7.14. The van der Waals surface area contributed by atoms with Crippen LogP contribution in [0.3, 0.4) is 0 Å². The van der Waals surface area contributed by atoms with E-state index in [4.69, 9.17) is 0 Å². The van der Waals surface area contributed by atoms with Gasteiger partial charge in [-0.25, -0.2) is 0 Å². The van der Waals surface area contributed by atoms with Crippen molar-refractivity contribution in [3.8, 4) is 0 Å². The van der Waals surface area contributed by atoms with Crippen LogP contribution < -0.4 is 5.32 Å². The Hall–Kier alpha value is -1.82. The highest BCUT2D eigenvalue weighted by atomic mass is 32.1. The van der Waals surface area contributed by atoms with Gasteiger partial charge in [0, 0.05) is 4.88 Å². The molecule has 2 rings (SSSR count). The van der Waals surface area contributed by atoms with E-state index < -0.39 is 17.8 Å². The molecule has 94 valence electrons. The first-order chi connectivity index (χ1) is 8.47. The summed E-state index contributed by atoms with van der Waals surface area (Å²) in [4.78, 5) is 16.3. The largest absolute Gasteiger partial charge is 0.317 e. The highest BCUT2D eigenvalue weighted by Gasteiger charge is 2.13. The van der Waals surface area contributed by atoms with Gasteiger partial charge in [-0.15, -0.1) is 11.3 Å². The molecule has 2 aromatic rings. The number of rotatable bonds is 2. The third-order valence-electron chi connectivity index (χ3n) is 2.45. The topological polar surface area (TPSA) is 42.0 Å². The van der Waals surface area contributed by atoms with Crippen molar-refractivity contribution in [2.24, 2.45) is 0 Å². The minimum atomic E-state index is -1.03. The monoisotopic (exact) mass is 268 g/mol. The van der Waals surface area contributed by atoms with Crippen molar-refractivity contribution in [1.82, 2.24) is 4.98 Å². The fourth-order valence-electron chi connectivity index (χ4n) is 1.37. The molecular weight excluding hydrogens is 258 g/mol. The van der Waals surface area contributed by atoms with Crippen molar-refractivity contribution in [1.29, 1.82) is 0 Å². The molecule has 0 fully saturated rings. The standard InChI is InChI=1S/C12H10F2N2OS/c1-6-5-9(18-7(6)2)12(17)15-8-3-4-10(13)16-11(8)14/h3-5H,1-2H3,(H,15,17). The summed E-state index contributed by atoms with van der Waals surface area (Å²) in [5, 5.41) is 2.36. The maximum atomic E-state index is 13.2. The van der Waals surface area contributed by atoms with Crippen LogP contribution >= 0.6 is 11.3 Å². The Labute approximate surface area is 106 Å². The van der Waals surface area contributed by atoms with Crippen LogP contribution in [0.15, 0.2) is 18.2 Å². The lowest BCUT2D eigenvalue weighted by Crippen LogP contribution is -2.12. The van der Waals surface area contributed by atoms with Crippen LogP contribution in [0, 0.1) is 25.7 Å². The zero-order valence-electron chi connectivity index (χ0n) is 9.75. The molecule has 3 nitrogen and oxygen atoms in total. The number of aryl methyl sites for hydroxylation is 2. The molecule has 0 aliphatic rings. The van der Waals surface area contributed by atoms with Gasteiger partial charge >= 0.3 is 0 Å². The number of amides is 1. The molecule has 0 spiro atoms. The van der Waals surface area contributed by atoms with E-state index in [1.807, 2.05) is 13.8 Å². The van der Waals surface area contributed by atoms with Gasteiger partial charge in [0.1, 0.15) is 0 Å². The second-order valence-corrected chi connectivity index (χ2v) is 5.03. The number of carbonyl (C=O) groups excluding carboxylic acids is 1. The van der Waals surface area contributed by atoms with Crippen LogP contribution in [0.1, 0.15) is 20.1 Å². The Morgan fingerprint density at radius 3 is 2.61 bits per heavy atom. The van der Waals surface area contributed by atoms with Gasteiger partial charge < -0.3 is 5.32 Å². The van der Waals surface area contributed by atoms with Crippen molar-refractivity contribution in [2.45, 2.75) is 13.8 Å². The van der Waals surface area contributed by atoms with E-state index >= 15 is 0 Å². The van der Waals surface area contributed by atoms with Crippen molar-refractivity contribution >= 4 is 22.9 Å². The lowest BCUT2D eigenvalue weighted by Gasteiger charge is -2.03. The predicted octanol–water partition coefficient (Wildman–Crippen LogP) is 3.29. The number of hydrogen-bond acceptors (Lipinski definition) is 3. The van der Waals surface area contributed by atoms with Gasteiger partial charge in [0.2, 0.25) is 11.9 Å². The molecule has 0 unspecified atom stereocenters. The Kier molecular flexibility index (Phi) is 3.38. The normalized spacial score (nSPS) is 10.4. The van der Waals surface area contributed by atoms with Gasteiger partial charge in [0.05, 0.1) is 10.6 Å². The first-order valence-corrected chi connectivity index (χ1v) is 5.99. The average molecular weight is 268 g/mol. The SMILES string of the molecule is Cc1cc(C(=O)Nc2ccc(F)nc2F)sc1C. The van der Waals surface area contributed by atoms with Gasteiger partial charge in [0.15, 0.2) is 0 Å². The number of halogens is 2. The van der Waals surface area contributed by atoms with Crippen LogP contribution in [0.5, 0.6) is 0 Å². The lowest BCUT2D eigenvalue weighted by atomic mass is 10.3. The predicted molar refractivity (Wildman–Crippen MR) is 65.9 cm³/mol. The average Bonchev–Trinajstić information content (AvgIpc) is 2.63. The Morgan fingerprint density at radius 1 is 1.33 bits per heavy atom. The molecule has 18 heavy (non-hydrogen) atoms. The molecule has 0 aliphatic heterocycles. The summed E-state index contributed by atoms with van der Waals surface area (Å²) in [6.45, 7) is 3.79. The lowest BCUT2D eigenvalue weighted by molar-refractivity contribution is 0.103. The van der Waals surface area contributed by atoms with Crippen LogP contribution in [0.25, 0.3) is 0 Å². The Morgan fingerprint density at radius 2 is 2.06 bits per heavy atom. The number of thiophene rings is 1. The Balaban J connectivity index is 2.21. The van der Waals surface area contributed by atoms with E-state index in [2.05, 4.69) is 10.3 Å².